The van der Waals surface area contributed by atoms with Crippen molar-refractivity contribution in [1.82, 2.24) is 0 Å². The molecule has 0 bridgehead atoms. The van der Waals surface area contributed by atoms with Crippen LogP contribution >= 0.6 is 0 Å². The van der Waals surface area contributed by atoms with E-state index in [1.807, 2.05) is 6.07 Å². The van der Waals surface area contributed by atoms with Gasteiger partial charge in [0.25, 0.3) is 0 Å². The van der Waals surface area contributed by atoms with Gasteiger partial charge < -0.3 is 12.4 Å². The second kappa shape index (κ2) is 9.24. The van der Waals surface area contributed by atoms with E-state index in [1.165, 1.54) is 44.1 Å². The maximum atomic E-state index is 3.38. The molecule has 2 heteroatoms. The molecule has 0 nitrogen and oxygen atoms in total. The van der Waals surface area contributed by atoms with Gasteiger partial charge in [-0.3, -0.25) is 0 Å². The van der Waals surface area contributed by atoms with Crippen LogP contribution in [0.3, 0.4) is 0 Å². The predicted molar refractivity (Wildman–Crippen MR) is 70.6 cm³/mol. The first-order chi connectivity index (χ1) is 7.40. The molecule has 0 unspecified atom stereocenters. The summed E-state index contributed by atoms with van der Waals surface area (Å²) in [5.74, 6) is 1.80. The average molecular weight is 261 g/mol. The van der Waals surface area contributed by atoms with E-state index in [0.717, 1.165) is 11.8 Å². The summed E-state index contributed by atoms with van der Waals surface area (Å²) in [5, 5.41) is 0. The van der Waals surface area contributed by atoms with Gasteiger partial charge in [-0.05, 0) is 37.5 Å². The first-order valence-corrected chi connectivity index (χ1v) is 6.36. The summed E-state index contributed by atoms with van der Waals surface area (Å²) < 4.78 is 0. The van der Waals surface area contributed by atoms with Gasteiger partial charge in [0.05, 0.1) is 0 Å². The number of hydrogen-bond acceptors (Lipinski definition) is 0. The number of rotatable bonds is 3. The Kier molecular flexibility index (Phi) is 9.39. The average Bonchev–Trinajstić information content (AvgIpc) is 2.32. The third-order valence-electron chi connectivity index (χ3n) is 3.72. The van der Waals surface area contributed by atoms with Crippen LogP contribution < -0.4 is 12.4 Å². The smallest absolute Gasteiger partial charge is 1.00 e. The number of halogens is 1. The summed E-state index contributed by atoms with van der Waals surface area (Å²) >= 11 is 0. The van der Waals surface area contributed by atoms with Gasteiger partial charge >= 0.3 is 23.1 Å². The van der Waals surface area contributed by atoms with Gasteiger partial charge in [-0.1, -0.05) is 19.8 Å². The van der Waals surface area contributed by atoms with Crippen molar-refractivity contribution in [1.29, 1.82) is 0 Å². The molecular formula is C15H21ClMg. The predicted octanol–water partition coefficient (Wildman–Crippen LogP) is 1.18. The molecule has 0 atom stereocenters. The van der Waals surface area contributed by atoms with Gasteiger partial charge in [-0.2, -0.15) is 35.9 Å². The Labute approximate surface area is 128 Å². The zero-order chi connectivity index (χ0) is 10.5. The summed E-state index contributed by atoms with van der Waals surface area (Å²) in [6.07, 6.45) is 8.41. The summed E-state index contributed by atoms with van der Waals surface area (Å²) in [5.41, 5.74) is 1.44. The van der Waals surface area contributed by atoms with Gasteiger partial charge in [-0.15, -0.1) is 0 Å². The fraction of sp³-hybridized carbons (Fsp3) is 0.600. The Morgan fingerprint density at radius 2 is 1.88 bits per heavy atom. The molecule has 1 aliphatic carbocycles. The number of hydrogen-bond donors (Lipinski definition) is 0. The monoisotopic (exact) mass is 260 g/mol. The Morgan fingerprint density at radius 3 is 2.41 bits per heavy atom. The van der Waals surface area contributed by atoms with Crippen LogP contribution in [-0.2, 0) is 0 Å². The molecule has 0 amide bonds. The maximum absolute atomic E-state index is 3.38. The van der Waals surface area contributed by atoms with E-state index in [2.05, 4.69) is 31.2 Å². The van der Waals surface area contributed by atoms with Crippen LogP contribution in [0, 0.1) is 12.0 Å². The van der Waals surface area contributed by atoms with E-state index >= 15 is 0 Å². The fourth-order valence-electron chi connectivity index (χ4n) is 2.83. The van der Waals surface area contributed by atoms with Crippen molar-refractivity contribution in [3.05, 3.63) is 35.9 Å². The molecule has 0 aliphatic heterocycles. The van der Waals surface area contributed by atoms with Crippen LogP contribution in [0.2, 0.25) is 0 Å². The molecule has 1 aromatic carbocycles. The second-order valence-corrected chi connectivity index (χ2v) is 4.82. The Bertz CT molecular complexity index is 278. The Hall–Kier alpha value is 0.276. The Morgan fingerprint density at radius 1 is 1.18 bits per heavy atom. The second-order valence-electron chi connectivity index (χ2n) is 4.82. The minimum Gasteiger partial charge on any atom is -1.00 e. The van der Waals surface area contributed by atoms with E-state index < -0.39 is 0 Å². The molecule has 0 aromatic heterocycles. The minimum atomic E-state index is 0. The van der Waals surface area contributed by atoms with Crippen molar-refractivity contribution < 1.29 is 12.4 Å². The molecule has 0 heterocycles. The zero-order valence-electron chi connectivity index (χ0n) is 10.8. The quantitative estimate of drug-likeness (QED) is 0.566. The molecule has 0 spiro atoms. The van der Waals surface area contributed by atoms with E-state index in [0.29, 0.717) is 0 Å². The van der Waals surface area contributed by atoms with Crippen LogP contribution in [0.25, 0.3) is 0 Å². The van der Waals surface area contributed by atoms with Crippen molar-refractivity contribution in [3.8, 4) is 0 Å². The van der Waals surface area contributed by atoms with Crippen molar-refractivity contribution >= 4 is 23.1 Å². The molecule has 2 rings (SSSR count). The first kappa shape index (κ1) is 17.3. The molecule has 1 saturated carbocycles. The minimum absolute atomic E-state index is 0. The molecule has 1 aliphatic rings. The zero-order valence-corrected chi connectivity index (χ0v) is 13.0. The van der Waals surface area contributed by atoms with E-state index in [1.54, 1.807) is 0 Å². The summed E-state index contributed by atoms with van der Waals surface area (Å²) in [6.45, 7) is 2.30. The molecule has 90 valence electrons. The van der Waals surface area contributed by atoms with E-state index in [9.17, 15) is 0 Å². The Balaban J connectivity index is 0.00000128. The largest absolute Gasteiger partial charge is 2.00 e. The third-order valence-corrected chi connectivity index (χ3v) is 3.72. The van der Waals surface area contributed by atoms with Crippen LogP contribution in [-0.4, -0.2) is 23.1 Å². The normalized spacial score (nSPS) is 23.4. The van der Waals surface area contributed by atoms with E-state index in [4.69, 9.17) is 0 Å². The van der Waals surface area contributed by atoms with Gasteiger partial charge in [0.2, 0.25) is 0 Å². The fourth-order valence-corrected chi connectivity index (χ4v) is 2.83. The van der Waals surface area contributed by atoms with Crippen molar-refractivity contribution in [2.24, 2.45) is 5.92 Å². The van der Waals surface area contributed by atoms with Crippen LogP contribution in [0.1, 0.15) is 56.9 Å². The van der Waals surface area contributed by atoms with Crippen LogP contribution in [0.5, 0.6) is 0 Å². The molecule has 1 fully saturated rings. The summed E-state index contributed by atoms with van der Waals surface area (Å²) in [6, 6.07) is 11.9. The standard InChI is InChI=1S/C15H21.ClH.Mg/c1-2-6-13-9-11-15(12-10-13)14-7-4-3-5-8-14;;/h3-5,7,13,15H,2,6,9-12H2,1H3;1H;/q-1;;+2/p-1. The van der Waals surface area contributed by atoms with E-state index in [-0.39, 0.29) is 35.5 Å². The van der Waals surface area contributed by atoms with Gasteiger partial charge in [0.15, 0.2) is 0 Å². The van der Waals surface area contributed by atoms with Crippen molar-refractivity contribution in [2.45, 2.75) is 51.4 Å². The van der Waals surface area contributed by atoms with Crippen molar-refractivity contribution in [3.63, 3.8) is 0 Å². The molecule has 0 saturated heterocycles. The van der Waals surface area contributed by atoms with Gasteiger partial charge in [-0.25, -0.2) is 0 Å². The van der Waals surface area contributed by atoms with Gasteiger partial charge in [0, 0.05) is 0 Å². The van der Waals surface area contributed by atoms with Crippen LogP contribution in [0.4, 0.5) is 0 Å². The molecule has 1 aromatic rings. The van der Waals surface area contributed by atoms with Crippen LogP contribution in [0.15, 0.2) is 24.3 Å². The SMILES string of the molecule is CCCC1CCC(c2[c-]cccc2)CC1.[Cl-].[Mg+2]. The van der Waals surface area contributed by atoms with Gasteiger partial charge in [0.1, 0.15) is 0 Å². The first-order valence-electron chi connectivity index (χ1n) is 6.36. The molecular weight excluding hydrogens is 240 g/mol. The maximum Gasteiger partial charge on any atom is 2.00 e. The topological polar surface area (TPSA) is 0 Å². The summed E-state index contributed by atoms with van der Waals surface area (Å²) in [4.78, 5) is 0. The molecule has 17 heavy (non-hydrogen) atoms. The number of benzene rings is 1. The van der Waals surface area contributed by atoms with Crippen molar-refractivity contribution in [2.75, 3.05) is 0 Å². The molecule has 0 radical (unpaired) electrons. The third kappa shape index (κ3) is 5.19. The molecule has 0 N–H and O–H groups in total. The summed E-state index contributed by atoms with van der Waals surface area (Å²) in [7, 11) is 0.